The van der Waals surface area contributed by atoms with Crippen LogP contribution in [0.25, 0.3) is 32.6 Å². The van der Waals surface area contributed by atoms with E-state index in [4.69, 9.17) is 22.6 Å². The number of H-pyrrole nitrogens is 2. The van der Waals surface area contributed by atoms with Crippen LogP contribution in [0.1, 0.15) is 148 Å². The van der Waals surface area contributed by atoms with Gasteiger partial charge in [0, 0.05) is 65.8 Å². The van der Waals surface area contributed by atoms with E-state index in [9.17, 15) is 63.0 Å². The summed E-state index contributed by atoms with van der Waals surface area (Å²) in [4.78, 5) is 223. The first-order chi connectivity index (χ1) is 58.8. The molecule has 2 aromatic heterocycles. The minimum absolute atomic E-state index is 0.0128. The number of carboxylic acids is 1. The van der Waals surface area contributed by atoms with Crippen LogP contribution in [-0.2, 0) is 91.2 Å². The van der Waals surface area contributed by atoms with Gasteiger partial charge in [-0.25, -0.2) is 0 Å². The minimum Gasteiger partial charge on any atom is -0.481 e. The number of carboxylic acid groups (broad SMARTS) is 1. The number of hydrogen-bond acceptors (Lipinski definition) is 19. The molecule has 0 spiro atoms. The molecule has 0 aliphatic carbocycles. The van der Waals surface area contributed by atoms with Crippen molar-refractivity contribution >= 4 is 139 Å². The number of hydrogen-bond donors (Lipinski definition) is 22. The second kappa shape index (κ2) is 49.7. The maximum absolute atomic E-state index is 15.2. The number of unbranched alkanes of at least 4 members (excludes halogenated alkanes) is 4. The summed E-state index contributed by atoms with van der Waals surface area (Å²) in [5.74, 6) is -17.5. The zero-order valence-electron chi connectivity index (χ0n) is 70.3. The second-order valence-electron chi connectivity index (χ2n) is 31.2. The van der Waals surface area contributed by atoms with E-state index in [0.717, 1.165) is 22.5 Å². The van der Waals surface area contributed by atoms with E-state index in [1.165, 1.54) is 0 Å². The van der Waals surface area contributed by atoms with E-state index in [1.54, 1.807) is 94.7 Å². The molecule has 7 rings (SSSR count). The molecule has 0 unspecified atom stereocenters. The summed E-state index contributed by atoms with van der Waals surface area (Å²) in [5, 5.41) is 68.6. The summed E-state index contributed by atoms with van der Waals surface area (Å²) >= 11 is 0.859. The van der Waals surface area contributed by atoms with Crippen molar-refractivity contribution in [2.24, 2.45) is 29.0 Å². The molecule has 1 fully saturated rings. The van der Waals surface area contributed by atoms with Crippen molar-refractivity contribution in [3.63, 3.8) is 0 Å². The molecule has 1 saturated heterocycles. The van der Waals surface area contributed by atoms with E-state index in [2.05, 4.69) is 84.4 Å². The molecule has 0 saturated carbocycles. The number of nitrogens with one attached hydrogen (secondary N) is 17. The van der Waals surface area contributed by atoms with Crippen LogP contribution < -0.4 is 91.6 Å². The highest BCUT2D eigenvalue weighted by Crippen LogP contribution is 2.24. The summed E-state index contributed by atoms with van der Waals surface area (Å²) in [6, 6.07) is 8.33. The third-order valence-corrected chi connectivity index (χ3v) is 22.3. The molecule has 13 atom stereocenters. The Morgan fingerprint density at radius 1 is 0.488 bits per heavy atom. The van der Waals surface area contributed by atoms with Crippen LogP contribution in [0.5, 0.6) is 0 Å². The lowest BCUT2D eigenvalue weighted by molar-refractivity contribution is -0.141. The highest BCUT2D eigenvalue weighted by molar-refractivity contribution is 8.00. The zero-order chi connectivity index (χ0) is 89.8. The monoisotopic (exact) mass is 1720 g/mol. The molecule has 0 radical (unpaired) electrons. The Hall–Kier alpha value is -12.2. The number of guanidine groups is 1. The van der Waals surface area contributed by atoms with Gasteiger partial charge >= 0.3 is 5.97 Å². The Balaban J connectivity index is 1.28. The van der Waals surface area contributed by atoms with Crippen LogP contribution >= 0.6 is 11.8 Å². The molecule has 14 amide bonds. The van der Waals surface area contributed by atoms with E-state index in [-0.39, 0.29) is 76.6 Å². The average Bonchev–Trinajstić information content (AvgIpc) is 1.71. The number of aliphatic hydroxyl groups excluding tert-OH is 1. The van der Waals surface area contributed by atoms with Crippen molar-refractivity contribution in [3.8, 4) is 0 Å². The van der Waals surface area contributed by atoms with Crippen molar-refractivity contribution in [3.05, 3.63) is 120 Å². The predicted octanol–water partition coefficient (Wildman–Crippen LogP) is 0.328. The molecule has 1 aliphatic rings. The van der Waals surface area contributed by atoms with Gasteiger partial charge in [-0.1, -0.05) is 159 Å². The van der Waals surface area contributed by atoms with Crippen molar-refractivity contribution in [2.75, 3.05) is 37.7 Å². The Kier molecular flexibility index (Phi) is 39.5. The summed E-state index contributed by atoms with van der Waals surface area (Å²) in [5.41, 5.74) is 20.3. The van der Waals surface area contributed by atoms with Crippen LogP contribution in [-0.4, -0.2) is 225 Å². The van der Waals surface area contributed by atoms with E-state index < -0.39 is 204 Å². The molecule has 25 N–H and O–H groups in total. The first-order valence-electron chi connectivity index (χ1n) is 41.8. The number of rotatable bonds is 28. The lowest BCUT2D eigenvalue weighted by atomic mass is 9.96. The lowest BCUT2D eigenvalue weighted by Gasteiger charge is -2.29. The standard InChI is InChI=1S/C85H120N20O17S/c1-7-10-12-29-58-75(113)101-65(40-70(109)110)80(118)100-63(38-52-41-91-56-27-17-15-24-54(52)56)79(117)97-60(26-11-8-2)77(115)96-61(31-21-35-90-85(88)89)78(116)99-64(39-53-42-92-57-28-18-16-25-55(53)57)82(120)104-71(47(4)5)83(121)103-67(73(87)111)45-123-46-69(108)95-59(30-19-20-34-86)76(114)98-62(37-49-32-33-50-22-13-14-23-51(50)36-49)81(119)105-72(48(6)9-3)84(122)102-66(44-106)74(112)93-43-68(107)94-58/h13-18,22-25,27-28,32-33,36,41-42,47-48,58-67,71-72,91-92,106H,7-12,19-21,26,29-31,34-35,37-40,43-46,86H2,1-6H3,(H2,87,111)(H,93,112)(H,94,107)(H,95,108)(H,96,115)(H,97,117)(H,98,114)(H,99,116)(H,100,118)(H,101,113)(H,102,122)(H,103,121)(H,104,120)(H,105,119)(H,109,110)(H4,88,89,90)/t48-,58-,59+,60-,61+,62-,63-,64-,65-,66-,67-,71-,72+/m0/s1. The van der Waals surface area contributed by atoms with Crippen molar-refractivity contribution in [2.45, 2.75) is 223 Å². The maximum atomic E-state index is 15.2. The zero-order valence-corrected chi connectivity index (χ0v) is 71.1. The molecular formula is C85H120N20O17S. The molecule has 668 valence electrons. The topological polar surface area (TPSA) is 598 Å². The van der Waals surface area contributed by atoms with Gasteiger partial charge in [-0.05, 0) is 103 Å². The van der Waals surface area contributed by atoms with Gasteiger partial charge in [0.25, 0.3) is 0 Å². The fraction of sp³-hybridized carbons (Fsp3) is 0.506. The highest BCUT2D eigenvalue weighted by atomic mass is 32.2. The SMILES string of the molecule is CCCCC[C@@H]1NC(=O)CNC(=O)[C@H](CO)NC(=O)[C@@H]([C@@H](C)CC)NC(=O)[C@H](Cc2ccc3ccccc3c2)NC(=O)[C@@H](CCCCN)NC(=O)CSC[C@@H](C(N)=O)NC(=O)[C@H](C(C)C)NC(=O)[C@H](Cc2c[nH]c3ccccc23)NC(=O)[C@@H](CCCNC(=N)N)NC(=O)[C@H](CCCC)NC(=O)[C@H](Cc2c[nH]c3ccccc23)NC(=O)[C@H](CC(=O)O)NC1=O. The van der Waals surface area contributed by atoms with Gasteiger partial charge in [0.1, 0.15) is 72.5 Å². The molecular weight excluding hydrogens is 1610 g/mol. The Bertz CT molecular complexity index is 4670. The smallest absolute Gasteiger partial charge is 0.305 e. The quantitative estimate of drug-likeness (QED) is 0.0179. The Morgan fingerprint density at radius 3 is 1.47 bits per heavy atom. The van der Waals surface area contributed by atoms with Gasteiger partial charge in [-0.3, -0.25) is 77.3 Å². The van der Waals surface area contributed by atoms with Gasteiger partial charge in [0.2, 0.25) is 82.7 Å². The summed E-state index contributed by atoms with van der Waals surface area (Å²) < 4.78 is 0. The van der Waals surface area contributed by atoms with Crippen molar-refractivity contribution in [1.29, 1.82) is 5.41 Å². The van der Waals surface area contributed by atoms with E-state index in [0.29, 0.717) is 83.4 Å². The summed E-state index contributed by atoms with van der Waals surface area (Å²) in [6.07, 6.45) is 4.44. The maximum Gasteiger partial charge on any atom is 0.305 e. The largest absolute Gasteiger partial charge is 0.481 e. The second-order valence-corrected chi connectivity index (χ2v) is 32.2. The highest BCUT2D eigenvalue weighted by Gasteiger charge is 2.39. The number of benzene rings is 4. The number of aliphatic carboxylic acids is 1. The number of carbonyl (C=O) groups excluding carboxylic acids is 14. The third kappa shape index (κ3) is 30.7. The first-order valence-corrected chi connectivity index (χ1v) is 43.0. The fourth-order valence-corrected chi connectivity index (χ4v) is 15.0. The van der Waals surface area contributed by atoms with Gasteiger partial charge < -0.3 is 112 Å². The van der Waals surface area contributed by atoms with Gasteiger partial charge in [0.05, 0.1) is 25.3 Å². The number of amides is 14. The number of aromatic amines is 2. The number of aromatic nitrogens is 2. The van der Waals surface area contributed by atoms with E-state index >= 15 is 19.2 Å². The minimum atomic E-state index is -1.95. The van der Waals surface area contributed by atoms with Crippen LogP contribution in [0.3, 0.4) is 0 Å². The number of fused-ring (bicyclic) bond motifs is 3. The Labute approximate surface area is 717 Å². The van der Waals surface area contributed by atoms with E-state index in [1.807, 2.05) is 50.2 Å². The molecule has 3 heterocycles. The lowest BCUT2D eigenvalue weighted by Crippen LogP contribution is -2.61. The predicted molar refractivity (Wildman–Crippen MR) is 464 cm³/mol. The average molecular weight is 1730 g/mol. The van der Waals surface area contributed by atoms with Crippen LogP contribution in [0.15, 0.2) is 103 Å². The molecule has 4 aromatic carbocycles. The molecule has 6 aromatic rings. The van der Waals surface area contributed by atoms with Crippen LogP contribution in [0.2, 0.25) is 0 Å². The van der Waals surface area contributed by atoms with Gasteiger partial charge in [-0.2, -0.15) is 0 Å². The summed E-state index contributed by atoms with van der Waals surface area (Å²) in [7, 11) is 0. The molecule has 38 heteroatoms. The molecule has 0 bridgehead atoms. The van der Waals surface area contributed by atoms with Crippen LogP contribution in [0, 0.1) is 17.2 Å². The molecule has 37 nitrogen and oxygen atoms in total. The third-order valence-electron chi connectivity index (χ3n) is 21.3. The summed E-state index contributed by atoms with van der Waals surface area (Å²) in [6.45, 7) is 8.57. The normalized spacial score (nSPS) is 23.0. The first kappa shape index (κ1) is 97.9. The number of para-hydroxylation sites is 2. The molecule has 1 aliphatic heterocycles. The number of carbonyl (C=O) groups is 15. The van der Waals surface area contributed by atoms with Gasteiger partial charge in [-0.15, -0.1) is 11.8 Å². The Morgan fingerprint density at radius 2 is 0.943 bits per heavy atom. The van der Waals surface area contributed by atoms with Crippen molar-refractivity contribution < 1.29 is 82.1 Å². The number of primary amides is 1. The number of thioether (sulfide) groups is 1. The number of nitrogens with two attached hydrogens (primary N) is 3. The van der Waals surface area contributed by atoms with Crippen LogP contribution in [0.4, 0.5) is 0 Å². The fourth-order valence-electron chi connectivity index (χ4n) is 14.1. The van der Waals surface area contributed by atoms with Gasteiger partial charge in [0.15, 0.2) is 5.96 Å². The van der Waals surface area contributed by atoms with Crippen molar-refractivity contribution in [1.82, 2.24) is 84.4 Å². The molecule has 123 heavy (non-hydrogen) atoms. The number of aliphatic hydroxyl groups is 1.